The molecule has 106 valence electrons. The van der Waals surface area contributed by atoms with E-state index in [-0.39, 0.29) is 5.56 Å². The molecule has 0 heterocycles. The lowest BCUT2D eigenvalue weighted by molar-refractivity contribution is 0.208. The monoisotopic (exact) mass is 280 g/mol. The smallest absolute Gasteiger partial charge is 0.129 e. The predicted molar refractivity (Wildman–Crippen MR) is 70.0 cm³/mol. The summed E-state index contributed by atoms with van der Waals surface area (Å²) in [6, 6.07) is 7.69. The van der Waals surface area contributed by atoms with Crippen molar-refractivity contribution in [2.24, 2.45) is 0 Å². The average molecular weight is 280 g/mol. The van der Waals surface area contributed by atoms with Crippen LogP contribution < -0.4 is 9.47 Å². The van der Waals surface area contributed by atoms with Crippen molar-refractivity contribution in [1.82, 2.24) is 0 Å². The molecule has 2 aromatic rings. The van der Waals surface area contributed by atoms with Crippen molar-refractivity contribution in [1.29, 1.82) is 0 Å². The van der Waals surface area contributed by atoms with Crippen LogP contribution in [-0.4, -0.2) is 19.3 Å². The number of ether oxygens (including phenoxy) is 2. The van der Waals surface area contributed by atoms with Crippen molar-refractivity contribution in [3.8, 4) is 11.5 Å². The van der Waals surface area contributed by atoms with Crippen LogP contribution in [0.2, 0.25) is 0 Å². The van der Waals surface area contributed by atoms with Gasteiger partial charge in [0.25, 0.3) is 0 Å². The van der Waals surface area contributed by atoms with Gasteiger partial charge in [-0.1, -0.05) is 0 Å². The third-order valence-electron chi connectivity index (χ3n) is 2.98. The quantitative estimate of drug-likeness (QED) is 0.935. The second-order valence-corrected chi connectivity index (χ2v) is 4.18. The second kappa shape index (κ2) is 5.88. The molecule has 0 spiro atoms. The van der Waals surface area contributed by atoms with E-state index in [1.54, 1.807) is 12.1 Å². The summed E-state index contributed by atoms with van der Waals surface area (Å²) in [5.41, 5.74) is 0.146. The molecule has 2 aromatic carbocycles. The third-order valence-corrected chi connectivity index (χ3v) is 2.98. The second-order valence-electron chi connectivity index (χ2n) is 4.18. The number of halogens is 2. The first kappa shape index (κ1) is 14.3. The van der Waals surface area contributed by atoms with Crippen LogP contribution in [0.5, 0.6) is 11.5 Å². The maximum absolute atomic E-state index is 13.7. The molecule has 1 N–H and O–H groups in total. The van der Waals surface area contributed by atoms with Crippen molar-refractivity contribution in [2.75, 3.05) is 14.2 Å². The van der Waals surface area contributed by atoms with Crippen LogP contribution in [0.1, 0.15) is 17.2 Å². The van der Waals surface area contributed by atoms with Crippen molar-refractivity contribution in [2.45, 2.75) is 6.10 Å². The van der Waals surface area contributed by atoms with Crippen LogP contribution in [0.25, 0.3) is 0 Å². The summed E-state index contributed by atoms with van der Waals surface area (Å²) in [5, 5.41) is 10.3. The van der Waals surface area contributed by atoms with E-state index in [1.165, 1.54) is 20.3 Å². The molecule has 3 nitrogen and oxygen atoms in total. The largest absolute Gasteiger partial charge is 0.497 e. The predicted octanol–water partition coefficient (Wildman–Crippen LogP) is 3.06. The molecule has 0 fully saturated rings. The number of hydrogen-bond acceptors (Lipinski definition) is 3. The first-order valence-electron chi connectivity index (χ1n) is 5.91. The first-order valence-corrected chi connectivity index (χ1v) is 5.91. The molecule has 0 saturated heterocycles. The summed E-state index contributed by atoms with van der Waals surface area (Å²) >= 11 is 0. The lowest BCUT2D eigenvalue weighted by atomic mass is 9.99. The van der Waals surface area contributed by atoms with Crippen molar-refractivity contribution < 1.29 is 23.4 Å². The molecular weight excluding hydrogens is 266 g/mol. The third kappa shape index (κ3) is 2.72. The molecular formula is C15H14F2O3. The zero-order valence-corrected chi connectivity index (χ0v) is 11.1. The molecule has 0 aliphatic heterocycles. The summed E-state index contributed by atoms with van der Waals surface area (Å²) in [4.78, 5) is 0. The lowest BCUT2D eigenvalue weighted by Gasteiger charge is -2.17. The summed E-state index contributed by atoms with van der Waals surface area (Å²) < 4.78 is 37.1. The van der Waals surface area contributed by atoms with Gasteiger partial charge in [-0.25, -0.2) is 8.78 Å². The van der Waals surface area contributed by atoms with Crippen molar-refractivity contribution >= 4 is 0 Å². The van der Waals surface area contributed by atoms with E-state index >= 15 is 0 Å². The van der Waals surface area contributed by atoms with E-state index in [1.807, 2.05) is 0 Å². The van der Waals surface area contributed by atoms with Crippen molar-refractivity contribution in [3.63, 3.8) is 0 Å². The Morgan fingerprint density at radius 2 is 1.70 bits per heavy atom. The van der Waals surface area contributed by atoms with Crippen LogP contribution in [0.15, 0.2) is 36.4 Å². The van der Waals surface area contributed by atoms with Gasteiger partial charge < -0.3 is 14.6 Å². The number of rotatable bonds is 4. The highest BCUT2D eigenvalue weighted by Crippen LogP contribution is 2.34. The minimum absolute atomic E-state index is 0.156. The van der Waals surface area contributed by atoms with Gasteiger partial charge in [0.15, 0.2) is 0 Å². The number of benzene rings is 2. The van der Waals surface area contributed by atoms with Gasteiger partial charge in [0, 0.05) is 11.1 Å². The Labute approximate surface area is 115 Å². The molecule has 0 bridgehead atoms. The molecule has 20 heavy (non-hydrogen) atoms. The molecule has 0 radical (unpaired) electrons. The fourth-order valence-corrected chi connectivity index (χ4v) is 1.94. The van der Waals surface area contributed by atoms with Crippen LogP contribution >= 0.6 is 0 Å². The van der Waals surface area contributed by atoms with E-state index < -0.39 is 17.7 Å². The standard InChI is InChI=1S/C15H14F2O3/c1-19-10-4-6-14(20-2)12(8-10)15(18)11-7-9(16)3-5-13(11)17/h3-8,15,18H,1-2H3. The highest BCUT2D eigenvalue weighted by atomic mass is 19.1. The summed E-state index contributed by atoms with van der Waals surface area (Å²) in [7, 11) is 2.90. The van der Waals surface area contributed by atoms with Crippen LogP contribution in [0.3, 0.4) is 0 Å². The van der Waals surface area contributed by atoms with E-state index in [9.17, 15) is 13.9 Å². The van der Waals surface area contributed by atoms with E-state index in [4.69, 9.17) is 9.47 Å². The zero-order valence-electron chi connectivity index (χ0n) is 11.1. The van der Waals surface area contributed by atoms with Gasteiger partial charge >= 0.3 is 0 Å². The molecule has 0 aromatic heterocycles. The summed E-state index contributed by atoms with van der Waals surface area (Å²) in [5.74, 6) is -0.468. The van der Waals surface area contributed by atoms with Gasteiger partial charge in [0.2, 0.25) is 0 Å². The van der Waals surface area contributed by atoms with Gasteiger partial charge in [0.1, 0.15) is 29.2 Å². The molecule has 0 aliphatic carbocycles. The van der Waals surface area contributed by atoms with E-state index in [2.05, 4.69) is 0 Å². The topological polar surface area (TPSA) is 38.7 Å². The first-order chi connectivity index (χ1) is 9.56. The maximum Gasteiger partial charge on any atom is 0.129 e. The Hall–Kier alpha value is -2.14. The normalized spacial score (nSPS) is 12.1. The summed E-state index contributed by atoms with van der Waals surface area (Å²) in [6.07, 6.45) is -1.35. The molecule has 0 amide bonds. The van der Waals surface area contributed by atoms with Gasteiger partial charge in [0.05, 0.1) is 14.2 Å². The summed E-state index contributed by atoms with van der Waals surface area (Å²) in [6.45, 7) is 0. The SMILES string of the molecule is COc1ccc(OC)c(C(O)c2cc(F)ccc2F)c1. The zero-order chi connectivity index (χ0) is 14.7. The number of methoxy groups -OCH3 is 2. The number of hydrogen-bond donors (Lipinski definition) is 1. The molecule has 0 saturated carbocycles. The highest BCUT2D eigenvalue weighted by Gasteiger charge is 2.20. The number of aliphatic hydroxyl groups excluding tert-OH is 1. The van der Waals surface area contributed by atoms with Gasteiger partial charge in [-0.15, -0.1) is 0 Å². The fraction of sp³-hybridized carbons (Fsp3) is 0.200. The van der Waals surface area contributed by atoms with Crippen LogP contribution in [-0.2, 0) is 0 Å². The van der Waals surface area contributed by atoms with E-state index in [0.717, 1.165) is 18.2 Å². The molecule has 5 heteroatoms. The van der Waals surface area contributed by atoms with Gasteiger partial charge in [-0.3, -0.25) is 0 Å². The molecule has 0 aliphatic rings. The Balaban J connectivity index is 2.51. The van der Waals surface area contributed by atoms with Crippen molar-refractivity contribution in [3.05, 3.63) is 59.2 Å². The lowest BCUT2D eigenvalue weighted by Crippen LogP contribution is -2.05. The number of aliphatic hydroxyl groups is 1. The Morgan fingerprint density at radius 3 is 2.35 bits per heavy atom. The molecule has 1 unspecified atom stereocenters. The van der Waals surface area contributed by atoms with Gasteiger partial charge in [-0.2, -0.15) is 0 Å². The minimum atomic E-state index is -1.35. The van der Waals surface area contributed by atoms with E-state index in [0.29, 0.717) is 17.1 Å². The minimum Gasteiger partial charge on any atom is -0.497 e. The average Bonchev–Trinajstić information content (AvgIpc) is 2.48. The Bertz CT molecular complexity index is 614. The fourth-order valence-electron chi connectivity index (χ4n) is 1.94. The van der Waals surface area contributed by atoms with Gasteiger partial charge in [-0.05, 0) is 36.4 Å². The Kier molecular flexibility index (Phi) is 4.20. The Morgan fingerprint density at radius 1 is 0.950 bits per heavy atom. The van der Waals surface area contributed by atoms with Crippen LogP contribution in [0.4, 0.5) is 8.78 Å². The molecule has 2 rings (SSSR count). The molecule has 1 atom stereocenters. The maximum atomic E-state index is 13.7. The van der Waals surface area contributed by atoms with Crippen LogP contribution in [0, 0.1) is 11.6 Å². The highest BCUT2D eigenvalue weighted by molar-refractivity contribution is 5.45.